The van der Waals surface area contributed by atoms with Crippen LogP contribution in [0.4, 0.5) is 0 Å². The summed E-state index contributed by atoms with van der Waals surface area (Å²) in [7, 11) is -1.22. The van der Waals surface area contributed by atoms with Crippen LogP contribution in [-0.4, -0.2) is 21.3 Å². The summed E-state index contributed by atoms with van der Waals surface area (Å²) in [6, 6.07) is 3.86. The van der Waals surface area contributed by atoms with E-state index in [-0.39, 0.29) is 0 Å². The molecule has 0 aliphatic carbocycles. The number of rotatable bonds is 8. The standard InChI is InChI=1S/C12H24OSi/c1-6-10-13-11-12(5)14(7-2,8-3)9-4/h6H,1,5,7-11H2,2-4H3. The van der Waals surface area contributed by atoms with Crippen LogP contribution in [0, 0.1) is 0 Å². The summed E-state index contributed by atoms with van der Waals surface area (Å²) in [5, 5.41) is 1.37. The van der Waals surface area contributed by atoms with Crippen molar-refractivity contribution in [2.24, 2.45) is 0 Å². The molecule has 0 heterocycles. The van der Waals surface area contributed by atoms with Crippen LogP contribution in [0.3, 0.4) is 0 Å². The fraction of sp³-hybridized carbons (Fsp3) is 0.667. The first kappa shape index (κ1) is 13.7. The molecule has 0 amide bonds. The minimum Gasteiger partial charge on any atom is -0.373 e. The molecule has 0 aromatic heterocycles. The molecule has 0 aromatic carbocycles. The summed E-state index contributed by atoms with van der Waals surface area (Å²) in [6.07, 6.45) is 1.79. The van der Waals surface area contributed by atoms with E-state index in [1.54, 1.807) is 6.08 Å². The highest BCUT2D eigenvalue weighted by Crippen LogP contribution is 2.27. The van der Waals surface area contributed by atoms with Gasteiger partial charge < -0.3 is 4.74 Å². The molecular formula is C12H24OSi. The minimum atomic E-state index is -1.22. The molecule has 82 valence electrons. The maximum Gasteiger partial charge on any atom is 0.0829 e. The Morgan fingerprint density at radius 2 is 1.71 bits per heavy atom. The number of ether oxygens (including phenoxy) is 1. The molecule has 1 nitrogen and oxygen atoms in total. The molecule has 0 saturated carbocycles. The Bertz CT molecular complexity index is 174. The van der Waals surface area contributed by atoms with Gasteiger partial charge in [-0.1, -0.05) is 50.2 Å². The van der Waals surface area contributed by atoms with Crippen molar-refractivity contribution < 1.29 is 4.74 Å². The van der Waals surface area contributed by atoms with Crippen LogP contribution in [0.1, 0.15) is 20.8 Å². The first-order valence-corrected chi connectivity index (χ1v) is 8.15. The van der Waals surface area contributed by atoms with Crippen LogP contribution < -0.4 is 0 Å². The Kier molecular flexibility index (Phi) is 6.84. The van der Waals surface area contributed by atoms with Gasteiger partial charge in [0.15, 0.2) is 0 Å². The van der Waals surface area contributed by atoms with E-state index in [4.69, 9.17) is 4.74 Å². The second kappa shape index (κ2) is 7.02. The lowest BCUT2D eigenvalue weighted by Crippen LogP contribution is -2.36. The van der Waals surface area contributed by atoms with Gasteiger partial charge in [0.2, 0.25) is 0 Å². The Morgan fingerprint density at radius 1 is 1.21 bits per heavy atom. The molecule has 0 radical (unpaired) electrons. The van der Waals surface area contributed by atoms with E-state index in [1.807, 2.05) is 0 Å². The third-order valence-electron chi connectivity index (χ3n) is 3.29. The lowest BCUT2D eigenvalue weighted by atomic mass is 10.6. The lowest BCUT2D eigenvalue weighted by molar-refractivity contribution is 0.191. The maximum absolute atomic E-state index is 5.47. The largest absolute Gasteiger partial charge is 0.373 e. The highest BCUT2D eigenvalue weighted by atomic mass is 28.3. The van der Waals surface area contributed by atoms with Crippen molar-refractivity contribution >= 4 is 8.07 Å². The molecule has 2 heteroatoms. The molecule has 0 spiro atoms. The zero-order valence-electron chi connectivity index (χ0n) is 9.94. The Balaban J connectivity index is 4.21. The van der Waals surface area contributed by atoms with E-state index in [9.17, 15) is 0 Å². The van der Waals surface area contributed by atoms with Crippen molar-refractivity contribution in [1.29, 1.82) is 0 Å². The summed E-state index contributed by atoms with van der Waals surface area (Å²) in [4.78, 5) is 0. The van der Waals surface area contributed by atoms with Gasteiger partial charge in [-0.25, -0.2) is 0 Å². The van der Waals surface area contributed by atoms with Gasteiger partial charge in [0.05, 0.1) is 21.3 Å². The van der Waals surface area contributed by atoms with Crippen molar-refractivity contribution in [2.75, 3.05) is 13.2 Å². The number of hydrogen-bond donors (Lipinski definition) is 0. The first-order valence-electron chi connectivity index (χ1n) is 5.53. The SMILES string of the molecule is C=CCOCC(=C)[Si](CC)(CC)CC. The first-order chi connectivity index (χ1) is 6.66. The topological polar surface area (TPSA) is 9.23 Å². The van der Waals surface area contributed by atoms with Crippen LogP contribution in [0.5, 0.6) is 0 Å². The molecule has 0 atom stereocenters. The van der Waals surface area contributed by atoms with Gasteiger partial charge in [0.25, 0.3) is 0 Å². The van der Waals surface area contributed by atoms with Crippen LogP contribution in [-0.2, 0) is 4.74 Å². The average molecular weight is 212 g/mol. The van der Waals surface area contributed by atoms with Gasteiger partial charge in [-0.05, 0) is 0 Å². The normalized spacial score (nSPS) is 11.4. The molecule has 0 unspecified atom stereocenters. The lowest BCUT2D eigenvalue weighted by Gasteiger charge is -2.30. The number of hydrogen-bond acceptors (Lipinski definition) is 1. The highest BCUT2D eigenvalue weighted by molar-refractivity contribution is 6.86. The smallest absolute Gasteiger partial charge is 0.0829 e. The summed E-state index contributed by atoms with van der Waals surface area (Å²) in [5.41, 5.74) is 0. The van der Waals surface area contributed by atoms with Crippen LogP contribution in [0.25, 0.3) is 0 Å². The molecule has 0 N–H and O–H groups in total. The molecule has 0 fully saturated rings. The van der Waals surface area contributed by atoms with Crippen molar-refractivity contribution in [3.8, 4) is 0 Å². The predicted molar refractivity (Wildman–Crippen MR) is 67.4 cm³/mol. The Hall–Kier alpha value is -0.343. The summed E-state index contributed by atoms with van der Waals surface area (Å²) in [5.74, 6) is 0. The summed E-state index contributed by atoms with van der Waals surface area (Å²) < 4.78 is 5.47. The van der Waals surface area contributed by atoms with Crippen molar-refractivity contribution in [1.82, 2.24) is 0 Å². The van der Waals surface area contributed by atoms with E-state index in [1.165, 1.54) is 23.3 Å². The molecule has 14 heavy (non-hydrogen) atoms. The fourth-order valence-electron chi connectivity index (χ4n) is 1.92. The van der Waals surface area contributed by atoms with E-state index < -0.39 is 8.07 Å². The van der Waals surface area contributed by atoms with E-state index >= 15 is 0 Å². The fourth-order valence-corrected chi connectivity index (χ4v) is 5.33. The van der Waals surface area contributed by atoms with Crippen molar-refractivity contribution in [2.45, 2.75) is 38.9 Å². The quantitative estimate of drug-likeness (QED) is 0.338. The van der Waals surface area contributed by atoms with Gasteiger partial charge in [-0.3, -0.25) is 0 Å². The zero-order valence-corrected chi connectivity index (χ0v) is 10.9. The van der Waals surface area contributed by atoms with E-state index in [0.29, 0.717) is 6.61 Å². The Labute approximate surface area is 89.9 Å². The third-order valence-corrected chi connectivity index (χ3v) is 9.00. The molecule has 0 aliphatic rings. The van der Waals surface area contributed by atoms with Crippen LogP contribution >= 0.6 is 0 Å². The van der Waals surface area contributed by atoms with Gasteiger partial charge in [0, 0.05) is 0 Å². The summed E-state index contributed by atoms with van der Waals surface area (Å²) >= 11 is 0. The third kappa shape index (κ3) is 3.43. The second-order valence-corrected chi connectivity index (χ2v) is 9.14. The van der Waals surface area contributed by atoms with E-state index in [0.717, 1.165) is 6.61 Å². The molecular weight excluding hydrogens is 188 g/mol. The molecule has 0 saturated heterocycles. The minimum absolute atomic E-state index is 0.640. The Morgan fingerprint density at radius 3 is 2.07 bits per heavy atom. The van der Waals surface area contributed by atoms with E-state index in [2.05, 4.69) is 33.9 Å². The molecule has 0 aromatic rings. The van der Waals surface area contributed by atoms with Crippen molar-refractivity contribution in [3.05, 3.63) is 24.4 Å². The molecule has 0 aliphatic heterocycles. The van der Waals surface area contributed by atoms with Gasteiger partial charge in [-0.2, -0.15) is 0 Å². The van der Waals surface area contributed by atoms with Gasteiger partial charge in [0.1, 0.15) is 0 Å². The molecule has 0 rings (SSSR count). The highest BCUT2D eigenvalue weighted by Gasteiger charge is 2.29. The van der Waals surface area contributed by atoms with Gasteiger partial charge >= 0.3 is 0 Å². The monoisotopic (exact) mass is 212 g/mol. The maximum atomic E-state index is 5.47. The average Bonchev–Trinajstić information content (AvgIpc) is 2.22. The summed E-state index contributed by atoms with van der Waals surface area (Å²) in [6.45, 7) is 16.1. The second-order valence-electron chi connectivity index (χ2n) is 3.75. The van der Waals surface area contributed by atoms with Crippen LogP contribution in [0.2, 0.25) is 18.1 Å². The van der Waals surface area contributed by atoms with Crippen LogP contribution in [0.15, 0.2) is 24.4 Å². The zero-order chi connectivity index (χ0) is 11.0. The van der Waals surface area contributed by atoms with Gasteiger partial charge in [-0.15, -0.1) is 13.2 Å². The molecule has 0 bridgehead atoms. The van der Waals surface area contributed by atoms with Crippen molar-refractivity contribution in [3.63, 3.8) is 0 Å². The predicted octanol–water partition coefficient (Wildman–Crippen LogP) is 3.79.